The van der Waals surface area contributed by atoms with E-state index in [9.17, 15) is 27.2 Å². The van der Waals surface area contributed by atoms with Crippen molar-refractivity contribution in [2.24, 2.45) is 4.99 Å². The zero-order valence-corrected chi connectivity index (χ0v) is 16.0. The second kappa shape index (κ2) is 8.79. The van der Waals surface area contributed by atoms with Crippen molar-refractivity contribution in [1.82, 2.24) is 0 Å². The van der Waals surface area contributed by atoms with E-state index >= 15 is 0 Å². The molecule has 1 aliphatic heterocycles. The van der Waals surface area contributed by atoms with E-state index in [1.807, 2.05) is 0 Å². The molecule has 156 valence electrons. The van der Waals surface area contributed by atoms with Gasteiger partial charge in [0.2, 0.25) is 5.78 Å². The van der Waals surface area contributed by atoms with Gasteiger partial charge in [0.1, 0.15) is 34.9 Å². The maximum absolute atomic E-state index is 14.2. The second-order valence-electron chi connectivity index (χ2n) is 6.36. The fourth-order valence-corrected chi connectivity index (χ4v) is 3.33. The number of benzene rings is 2. The number of hydrogen-bond acceptors (Lipinski definition) is 4. The lowest BCUT2D eigenvalue weighted by molar-refractivity contribution is 0.0145. The molecule has 0 aromatic heterocycles. The number of Topliss-reactive ketones (excluding diaryl/α,β-unsaturated/α-hetero) is 1. The van der Waals surface area contributed by atoms with E-state index < -0.39 is 57.8 Å². The zero-order valence-electron chi connectivity index (χ0n) is 15.2. The number of carbonyl (C=O) groups excluding carboxylic acids is 2. The van der Waals surface area contributed by atoms with Gasteiger partial charge in [0, 0.05) is 18.5 Å². The molecule has 0 bridgehead atoms. The van der Waals surface area contributed by atoms with Crippen LogP contribution in [0.4, 0.5) is 17.6 Å². The van der Waals surface area contributed by atoms with Crippen LogP contribution >= 0.6 is 11.6 Å². The first-order valence-electron chi connectivity index (χ1n) is 8.74. The molecule has 1 aliphatic rings. The van der Waals surface area contributed by atoms with Crippen LogP contribution < -0.4 is 0 Å². The molecule has 0 fully saturated rings. The number of hydrogen-bond donors (Lipinski definition) is 0. The predicted molar refractivity (Wildman–Crippen MR) is 102 cm³/mol. The second-order valence-corrected chi connectivity index (χ2v) is 6.73. The molecule has 2 atom stereocenters. The standard InChI is InChI=1S/C21H14ClF4NO3/c22-10-8-16(30-20(29)18-14(25)6-2-7-15(18)26)21(9-3-11-27-21)19(28)17-12(23)4-1-5-13(17)24/h1-7,9,11,16H,8,10H2. The molecule has 30 heavy (non-hydrogen) atoms. The molecule has 0 amide bonds. The van der Waals surface area contributed by atoms with Crippen LogP contribution in [-0.2, 0) is 4.74 Å². The van der Waals surface area contributed by atoms with Crippen LogP contribution in [0.15, 0.2) is 53.5 Å². The van der Waals surface area contributed by atoms with Crippen molar-refractivity contribution in [2.75, 3.05) is 5.88 Å². The number of ether oxygens (including phenoxy) is 1. The molecule has 0 spiro atoms. The van der Waals surface area contributed by atoms with Gasteiger partial charge < -0.3 is 4.74 Å². The molecule has 2 aromatic rings. The first-order valence-corrected chi connectivity index (χ1v) is 9.28. The smallest absolute Gasteiger partial charge is 0.344 e. The fourth-order valence-electron chi connectivity index (χ4n) is 3.13. The van der Waals surface area contributed by atoms with Gasteiger partial charge in [-0.15, -0.1) is 11.6 Å². The van der Waals surface area contributed by atoms with Crippen LogP contribution in [0, 0.1) is 23.3 Å². The van der Waals surface area contributed by atoms with Crippen LogP contribution in [0.5, 0.6) is 0 Å². The molecule has 1 heterocycles. The Morgan fingerprint density at radius 1 is 0.967 bits per heavy atom. The molecule has 0 saturated heterocycles. The summed E-state index contributed by atoms with van der Waals surface area (Å²) < 4.78 is 61.6. The van der Waals surface area contributed by atoms with Gasteiger partial charge in [0.05, 0.1) is 5.56 Å². The van der Waals surface area contributed by atoms with E-state index in [0.717, 1.165) is 36.4 Å². The minimum atomic E-state index is -2.05. The zero-order chi connectivity index (χ0) is 21.9. The number of allylic oxidation sites excluding steroid dienone is 1. The summed E-state index contributed by atoms with van der Waals surface area (Å²) in [4.78, 5) is 29.6. The third kappa shape index (κ3) is 3.87. The summed E-state index contributed by atoms with van der Waals surface area (Å²) in [6, 6.07) is 5.65. The summed E-state index contributed by atoms with van der Waals surface area (Å²) in [6.07, 6.45) is 2.05. The highest BCUT2D eigenvalue weighted by atomic mass is 35.5. The highest BCUT2D eigenvalue weighted by Crippen LogP contribution is 2.33. The van der Waals surface area contributed by atoms with Crippen molar-refractivity contribution in [3.05, 3.63) is 82.9 Å². The quantitative estimate of drug-likeness (QED) is 0.273. The van der Waals surface area contributed by atoms with Gasteiger partial charge in [-0.3, -0.25) is 9.79 Å². The van der Waals surface area contributed by atoms with Crippen molar-refractivity contribution < 1.29 is 31.9 Å². The van der Waals surface area contributed by atoms with Gasteiger partial charge in [-0.05, 0) is 36.4 Å². The van der Waals surface area contributed by atoms with Crippen LogP contribution in [-0.4, -0.2) is 35.5 Å². The number of nitrogens with zero attached hydrogens (tertiary/aromatic N) is 1. The topological polar surface area (TPSA) is 55.7 Å². The van der Waals surface area contributed by atoms with Gasteiger partial charge in [-0.2, -0.15) is 0 Å². The Hall–Kier alpha value is -3.00. The Morgan fingerprint density at radius 2 is 1.50 bits per heavy atom. The normalized spacial score (nSPS) is 18.4. The lowest BCUT2D eigenvalue weighted by atomic mass is 9.83. The lowest BCUT2D eigenvalue weighted by Gasteiger charge is -2.32. The first-order chi connectivity index (χ1) is 14.3. The van der Waals surface area contributed by atoms with E-state index in [1.165, 1.54) is 18.4 Å². The molecule has 3 rings (SSSR count). The Balaban J connectivity index is 2.04. The highest BCUT2D eigenvalue weighted by molar-refractivity contribution is 6.18. The Labute approximate surface area is 173 Å². The van der Waals surface area contributed by atoms with Crippen molar-refractivity contribution in [3.8, 4) is 0 Å². The van der Waals surface area contributed by atoms with E-state index in [0.29, 0.717) is 0 Å². The SMILES string of the molecule is O=C(OC(CCCl)C1(C(=O)c2c(F)cccc2F)C=CC=N1)c1c(F)cccc1F. The van der Waals surface area contributed by atoms with Crippen molar-refractivity contribution in [3.63, 3.8) is 0 Å². The molecular weight excluding hydrogens is 426 g/mol. The fraction of sp³-hybridized carbons (Fsp3) is 0.190. The Morgan fingerprint density at radius 3 is 1.97 bits per heavy atom. The third-order valence-electron chi connectivity index (χ3n) is 4.56. The average Bonchev–Trinajstić information content (AvgIpc) is 3.18. The number of esters is 1. The van der Waals surface area contributed by atoms with Crippen molar-refractivity contribution in [1.29, 1.82) is 0 Å². The van der Waals surface area contributed by atoms with E-state index in [-0.39, 0.29) is 12.3 Å². The molecule has 2 unspecified atom stereocenters. The number of aliphatic imine (C=N–C) groups is 1. The summed E-state index contributed by atoms with van der Waals surface area (Å²) in [6.45, 7) is 0. The Kier molecular flexibility index (Phi) is 6.36. The average molecular weight is 440 g/mol. The van der Waals surface area contributed by atoms with Crippen LogP contribution in [0.2, 0.25) is 0 Å². The van der Waals surface area contributed by atoms with E-state index in [2.05, 4.69) is 4.99 Å². The highest BCUT2D eigenvalue weighted by Gasteiger charge is 2.49. The summed E-state index contributed by atoms with van der Waals surface area (Å²) in [7, 11) is 0. The summed E-state index contributed by atoms with van der Waals surface area (Å²) in [5.74, 6) is -7.28. The van der Waals surface area contributed by atoms with Crippen LogP contribution in [0.3, 0.4) is 0 Å². The van der Waals surface area contributed by atoms with E-state index in [4.69, 9.17) is 16.3 Å². The van der Waals surface area contributed by atoms with Gasteiger partial charge >= 0.3 is 5.97 Å². The molecule has 0 aliphatic carbocycles. The largest absolute Gasteiger partial charge is 0.455 e. The molecule has 0 N–H and O–H groups in total. The van der Waals surface area contributed by atoms with Gasteiger partial charge in [0.15, 0.2) is 5.54 Å². The molecular formula is C21H14ClF4NO3. The van der Waals surface area contributed by atoms with Crippen molar-refractivity contribution in [2.45, 2.75) is 18.1 Å². The summed E-state index contributed by atoms with van der Waals surface area (Å²) in [5.41, 5.74) is -3.90. The molecule has 9 heteroatoms. The number of alkyl halides is 1. The van der Waals surface area contributed by atoms with Crippen LogP contribution in [0.25, 0.3) is 0 Å². The molecule has 2 aromatic carbocycles. The van der Waals surface area contributed by atoms with E-state index in [1.54, 1.807) is 0 Å². The summed E-state index contributed by atoms with van der Waals surface area (Å²) >= 11 is 5.77. The lowest BCUT2D eigenvalue weighted by Crippen LogP contribution is -2.48. The van der Waals surface area contributed by atoms with Crippen LogP contribution in [0.1, 0.15) is 27.1 Å². The third-order valence-corrected chi connectivity index (χ3v) is 4.77. The predicted octanol–water partition coefficient (Wildman–Crippen LogP) is 4.66. The van der Waals surface area contributed by atoms with Gasteiger partial charge in [-0.25, -0.2) is 22.4 Å². The minimum Gasteiger partial charge on any atom is -0.455 e. The number of carbonyl (C=O) groups is 2. The monoisotopic (exact) mass is 439 g/mol. The molecule has 0 radical (unpaired) electrons. The number of ketones is 1. The summed E-state index contributed by atoms with van der Waals surface area (Å²) in [5, 5.41) is 0. The maximum Gasteiger partial charge on any atom is 0.344 e. The Bertz CT molecular complexity index is 1000. The van der Waals surface area contributed by atoms with Gasteiger partial charge in [0.25, 0.3) is 0 Å². The maximum atomic E-state index is 14.2. The number of halogens is 5. The number of rotatable bonds is 7. The molecule has 4 nitrogen and oxygen atoms in total. The van der Waals surface area contributed by atoms with Gasteiger partial charge in [-0.1, -0.05) is 12.1 Å². The minimum absolute atomic E-state index is 0.143. The molecule has 0 saturated carbocycles. The first kappa shape index (κ1) is 21.7. The van der Waals surface area contributed by atoms with Crippen molar-refractivity contribution >= 4 is 29.6 Å².